The van der Waals surface area contributed by atoms with Crippen molar-refractivity contribution in [2.45, 2.75) is 84.2 Å². The standard InChI is InChI=1S/C24H34O2/c1-16(25)26-19-10-13-23(2)18(15-19)6-8-20-21(23)11-14-24-12-4-3-5-17(24)7-9-22(20)24/h3,12,17-22H,5-11,13-15H2,1-2H3/t17-,18-,19+,20+,21-,22-,23-,24-/m0/s1. The quantitative estimate of drug-likeness (QED) is 0.448. The van der Waals surface area contributed by atoms with E-state index in [1.807, 2.05) is 0 Å². The van der Waals surface area contributed by atoms with E-state index in [1.54, 1.807) is 6.92 Å². The Morgan fingerprint density at radius 1 is 1.04 bits per heavy atom. The molecule has 5 aliphatic carbocycles. The van der Waals surface area contributed by atoms with E-state index in [4.69, 9.17) is 4.74 Å². The molecule has 26 heavy (non-hydrogen) atoms. The average molecular weight is 355 g/mol. The summed E-state index contributed by atoms with van der Waals surface area (Å²) in [5, 5.41) is 0. The maximum Gasteiger partial charge on any atom is 0.302 e. The molecule has 0 amide bonds. The maximum atomic E-state index is 11.4. The Morgan fingerprint density at radius 2 is 1.88 bits per heavy atom. The van der Waals surface area contributed by atoms with E-state index >= 15 is 0 Å². The number of hydrogen-bond donors (Lipinski definition) is 0. The second kappa shape index (κ2) is 5.99. The molecule has 5 rings (SSSR count). The number of fused-ring (bicyclic) bond motifs is 4. The Kier molecular flexibility index (Phi) is 3.95. The highest BCUT2D eigenvalue weighted by molar-refractivity contribution is 5.66. The van der Waals surface area contributed by atoms with E-state index in [2.05, 4.69) is 24.8 Å². The fourth-order valence-corrected chi connectivity index (χ4v) is 8.45. The highest BCUT2D eigenvalue weighted by atomic mass is 16.5. The number of allylic oxidation sites excluding steroid dienone is 1. The average Bonchev–Trinajstić information content (AvgIpc) is 3.01. The molecule has 0 aliphatic heterocycles. The Balaban J connectivity index is 1.39. The van der Waals surface area contributed by atoms with Gasteiger partial charge in [0.2, 0.25) is 0 Å². The molecule has 0 aromatic rings. The molecule has 0 aromatic carbocycles. The molecule has 0 bridgehead atoms. The lowest BCUT2D eigenvalue weighted by Gasteiger charge is -2.61. The van der Waals surface area contributed by atoms with Crippen LogP contribution < -0.4 is 0 Å². The molecule has 0 saturated heterocycles. The van der Waals surface area contributed by atoms with Gasteiger partial charge in [0, 0.05) is 12.3 Å². The molecule has 1 spiro atoms. The van der Waals surface area contributed by atoms with Crippen LogP contribution in [0.1, 0.15) is 78.1 Å². The summed E-state index contributed by atoms with van der Waals surface area (Å²) in [6.07, 6.45) is 18.2. The van der Waals surface area contributed by atoms with Crippen LogP contribution in [0.2, 0.25) is 0 Å². The maximum absolute atomic E-state index is 11.4. The predicted molar refractivity (Wildman–Crippen MR) is 102 cm³/mol. The third-order valence-electron chi connectivity index (χ3n) is 9.58. The minimum atomic E-state index is -0.0963. The number of hydrogen-bond acceptors (Lipinski definition) is 2. The minimum absolute atomic E-state index is 0.0963. The van der Waals surface area contributed by atoms with Crippen LogP contribution in [0.5, 0.6) is 0 Å². The molecule has 2 heteroatoms. The van der Waals surface area contributed by atoms with Gasteiger partial charge in [-0.05, 0) is 111 Å². The first-order chi connectivity index (χ1) is 12.5. The first kappa shape index (κ1) is 17.1. The lowest BCUT2D eigenvalue weighted by molar-refractivity contribution is -0.159. The zero-order valence-electron chi connectivity index (χ0n) is 16.5. The summed E-state index contributed by atoms with van der Waals surface area (Å²) in [5.41, 5.74) is 4.51. The van der Waals surface area contributed by atoms with Crippen molar-refractivity contribution < 1.29 is 9.53 Å². The van der Waals surface area contributed by atoms with Gasteiger partial charge in [0.25, 0.3) is 0 Å². The summed E-state index contributed by atoms with van der Waals surface area (Å²) in [6.45, 7) is 4.16. The molecule has 4 saturated carbocycles. The van der Waals surface area contributed by atoms with Crippen LogP contribution in [0.3, 0.4) is 0 Å². The van der Waals surface area contributed by atoms with E-state index < -0.39 is 0 Å². The van der Waals surface area contributed by atoms with Crippen LogP contribution in [0, 0.1) is 40.4 Å². The summed E-state index contributed by atoms with van der Waals surface area (Å²) in [4.78, 5) is 11.4. The Morgan fingerprint density at radius 3 is 2.73 bits per heavy atom. The number of esters is 1. The van der Waals surface area contributed by atoms with Crippen molar-refractivity contribution in [3.8, 4) is 0 Å². The molecular formula is C24H34O2. The van der Waals surface area contributed by atoms with Crippen molar-refractivity contribution in [2.24, 2.45) is 40.4 Å². The fraction of sp³-hybridized carbons (Fsp3) is 0.833. The van der Waals surface area contributed by atoms with Crippen LogP contribution in [0.15, 0.2) is 17.9 Å². The number of carbonyl (C=O) groups excluding carboxylic acids is 1. The van der Waals surface area contributed by atoms with Crippen molar-refractivity contribution in [3.05, 3.63) is 17.9 Å². The van der Waals surface area contributed by atoms with E-state index in [0.717, 1.165) is 42.4 Å². The van der Waals surface area contributed by atoms with Gasteiger partial charge in [0.1, 0.15) is 6.10 Å². The zero-order chi connectivity index (χ0) is 17.9. The van der Waals surface area contributed by atoms with Crippen LogP contribution in [-0.2, 0) is 9.53 Å². The normalized spacial score (nSPS) is 51.8. The fourth-order valence-electron chi connectivity index (χ4n) is 8.45. The molecule has 4 fully saturated rings. The number of carbonyl (C=O) groups is 1. The van der Waals surface area contributed by atoms with Gasteiger partial charge in [0.15, 0.2) is 0 Å². The van der Waals surface area contributed by atoms with Gasteiger partial charge in [0.05, 0.1) is 0 Å². The molecule has 0 aromatic heterocycles. The first-order valence-corrected chi connectivity index (χ1v) is 11.1. The van der Waals surface area contributed by atoms with Crippen LogP contribution in [0.25, 0.3) is 0 Å². The summed E-state index contributed by atoms with van der Waals surface area (Å²) in [7, 11) is 0. The van der Waals surface area contributed by atoms with E-state index in [-0.39, 0.29) is 12.1 Å². The number of rotatable bonds is 1. The highest BCUT2D eigenvalue weighted by Gasteiger charge is 2.61. The Labute approximate surface area is 158 Å². The van der Waals surface area contributed by atoms with Gasteiger partial charge in [-0.15, -0.1) is 5.73 Å². The van der Waals surface area contributed by atoms with E-state index in [9.17, 15) is 4.79 Å². The second-order valence-corrected chi connectivity index (χ2v) is 10.3. The molecule has 0 radical (unpaired) electrons. The van der Waals surface area contributed by atoms with Gasteiger partial charge < -0.3 is 4.74 Å². The molecule has 5 aliphatic rings. The van der Waals surface area contributed by atoms with Crippen LogP contribution in [0.4, 0.5) is 0 Å². The largest absolute Gasteiger partial charge is 0.463 e. The molecule has 142 valence electrons. The van der Waals surface area contributed by atoms with Crippen molar-refractivity contribution in [1.29, 1.82) is 0 Å². The van der Waals surface area contributed by atoms with Crippen molar-refractivity contribution in [3.63, 3.8) is 0 Å². The topological polar surface area (TPSA) is 26.3 Å². The monoisotopic (exact) mass is 354 g/mol. The predicted octanol–water partition coefficient (Wildman–Crippen LogP) is 5.67. The van der Waals surface area contributed by atoms with Crippen LogP contribution in [-0.4, -0.2) is 12.1 Å². The van der Waals surface area contributed by atoms with Crippen molar-refractivity contribution in [1.82, 2.24) is 0 Å². The lowest BCUT2D eigenvalue weighted by Crippen LogP contribution is -2.54. The minimum Gasteiger partial charge on any atom is -0.463 e. The van der Waals surface area contributed by atoms with Gasteiger partial charge in [-0.3, -0.25) is 4.79 Å². The summed E-state index contributed by atoms with van der Waals surface area (Å²) in [6, 6.07) is 0. The first-order valence-electron chi connectivity index (χ1n) is 11.1. The van der Waals surface area contributed by atoms with Crippen LogP contribution >= 0.6 is 0 Å². The molecule has 2 nitrogen and oxygen atoms in total. The molecule has 0 unspecified atom stereocenters. The van der Waals surface area contributed by atoms with Gasteiger partial charge in [-0.2, -0.15) is 0 Å². The third kappa shape index (κ3) is 2.34. The molecule has 0 N–H and O–H groups in total. The Hall–Kier alpha value is -1.01. The lowest BCUT2D eigenvalue weighted by atomic mass is 9.44. The smallest absolute Gasteiger partial charge is 0.302 e. The van der Waals surface area contributed by atoms with E-state index in [0.29, 0.717) is 10.8 Å². The number of ether oxygens (including phenoxy) is 1. The summed E-state index contributed by atoms with van der Waals surface area (Å²) >= 11 is 0. The van der Waals surface area contributed by atoms with Gasteiger partial charge in [-0.1, -0.05) is 6.92 Å². The molecular weight excluding hydrogens is 320 g/mol. The van der Waals surface area contributed by atoms with Crippen molar-refractivity contribution >= 4 is 5.97 Å². The zero-order valence-corrected chi connectivity index (χ0v) is 16.5. The molecule has 0 heterocycles. The third-order valence-corrected chi connectivity index (χ3v) is 9.58. The summed E-state index contributed by atoms with van der Waals surface area (Å²) < 4.78 is 5.60. The van der Waals surface area contributed by atoms with Gasteiger partial charge in [-0.25, -0.2) is 0 Å². The SMILES string of the molecule is CC(=O)O[C@@H]1CC[C@@]2(C)[C@@H](CC[C@@H]3[C@@H]2CC[C@@]24C=C=CC[C@H]2CC[C@@H]34)C1. The highest BCUT2D eigenvalue weighted by Crippen LogP contribution is 2.68. The van der Waals surface area contributed by atoms with Gasteiger partial charge >= 0.3 is 5.97 Å². The summed E-state index contributed by atoms with van der Waals surface area (Å²) in [5.74, 6) is 4.30. The van der Waals surface area contributed by atoms with E-state index in [1.165, 1.54) is 51.4 Å². The molecule has 8 atom stereocenters. The second-order valence-electron chi connectivity index (χ2n) is 10.3. The Bertz CT molecular complexity index is 659. The van der Waals surface area contributed by atoms with Crippen molar-refractivity contribution in [2.75, 3.05) is 0 Å².